The molecule has 4 N–H and O–H groups in total. The molecule has 0 bridgehead atoms. The molecule has 0 amide bonds. The van der Waals surface area contributed by atoms with E-state index in [1.54, 1.807) is 0 Å². The minimum absolute atomic E-state index is 0.00769. The quantitative estimate of drug-likeness (QED) is 0.762. The van der Waals surface area contributed by atoms with Gasteiger partial charge in [0.25, 0.3) is 5.56 Å². The van der Waals surface area contributed by atoms with Crippen molar-refractivity contribution in [2.45, 2.75) is 32.0 Å². The van der Waals surface area contributed by atoms with Gasteiger partial charge in [-0.25, -0.2) is 13.2 Å². The van der Waals surface area contributed by atoms with Gasteiger partial charge in [0.15, 0.2) is 17.8 Å². The molecular formula is C12H13F3N2O2. The Morgan fingerprint density at radius 2 is 2.16 bits per heavy atom. The Bertz CT molecular complexity index is 608. The van der Waals surface area contributed by atoms with Gasteiger partial charge in [-0.2, -0.15) is 0 Å². The molecule has 1 aliphatic carbocycles. The number of aromatic amines is 1. The molecule has 19 heavy (non-hydrogen) atoms. The topological polar surface area (TPSA) is 79.1 Å². The van der Waals surface area contributed by atoms with Crippen LogP contribution in [0.3, 0.4) is 0 Å². The summed E-state index contributed by atoms with van der Waals surface area (Å²) in [4.78, 5) is 13.8. The summed E-state index contributed by atoms with van der Waals surface area (Å²) in [5.74, 6) is -2.88. The van der Waals surface area contributed by atoms with Gasteiger partial charge in [-0.05, 0) is 12.5 Å². The first kappa shape index (κ1) is 13.7. The van der Waals surface area contributed by atoms with Crippen LogP contribution >= 0.6 is 0 Å². The number of nitrogens with two attached hydrogens (primary N) is 1. The minimum atomic E-state index is -2.12. The average molecular weight is 274 g/mol. The van der Waals surface area contributed by atoms with Gasteiger partial charge in [0, 0.05) is 24.1 Å². The summed E-state index contributed by atoms with van der Waals surface area (Å²) in [6, 6.07) is 0. The van der Waals surface area contributed by atoms with Crippen molar-refractivity contribution in [1.82, 2.24) is 4.98 Å². The van der Waals surface area contributed by atoms with Gasteiger partial charge in [0.1, 0.15) is 5.69 Å². The summed E-state index contributed by atoms with van der Waals surface area (Å²) in [5, 5.41) is 9.35. The molecule has 0 aliphatic heterocycles. The molecule has 0 saturated carbocycles. The molecular weight excluding hydrogens is 261 g/mol. The van der Waals surface area contributed by atoms with Gasteiger partial charge in [-0.3, -0.25) is 4.79 Å². The van der Waals surface area contributed by atoms with Crippen molar-refractivity contribution in [3.63, 3.8) is 0 Å². The molecule has 2 rings (SSSR count). The van der Waals surface area contributed by atoms with E-state index < -0.39 is 35.9 Å². The fraction of sp³-hybridized carbons (Fsp3) is 0.417. The maximum Gasteiger partial charge on any atom is 0.271 e. The van der Waals surface area contributed by atoms with E-state index >= 15 is 0 Å². The predicted octanol–water partition coefficient (Wildman–Crippen LogP) is 1.38. The van der Waals surface area contributed by atoms with Gasteiger partial charge < -0.3 is 15.8 Å². The molecule has 104 valence electrons. The van der Waals surface area contributed by atoms with Crippen LogP contribution in [0, 0.1) is 0 Å². The van der Waals surface area contributed by atoms with Gasteiger partial charge in [-0.15, -0.1) is 0 Å². The van der Waals surface area contributed by atoms with E-state index in [2.05, 4.69) is 4.98 Å². The first-order chi connectivity index (χ1) is 8.82. The normalized spacial score (nSPS) is 20.4. The second-order valence-corrected chi connectivity index (χ2v) is 4.59. The largest absolute Gasteiger partial charge is 0.394 e. The maximum atomic E-state index is 13.8. The SMILES string of the molecule is CC(O)Cc1c2c([nH]c(=O)c1N)CC(F)C(F)=C2F. The van der Waals surface area contributed by atoms with Crippen molar-refractivity contribution >= 4 is 11.5 Å². The Labute approximate surface area is 106 Å². The number of aromatic nitrogens is 1. The third kappa shape index (κ3) is 2.25. The highest BCUT2D eigenvalue weighted by Crippen LogP contribution is 2.37. The van der Waals surface area contributed by atoms with Crippen molar-refractivity contribution in [1.29, 1.82) is 0 Å². The number of anilines is 1. The number of hydrogen-bond acceptors (Lipinski definition) is 3. The molecule has 1 aromatic heterocycles. The standard InChI is InChI=1S/C12H13F3N2O2/c1-4(18)2-5-8-7(17-12(19)11(5)16)3-6(13)9(14)10(8)15/h4,6,18H,2-3,16H2,1H3,(H,17,19). The Kier molecular flexibility index (Phi) is 3.40. The Balaban J connectivity index is 2.73. The lowest BCUT2D eigenvalue weighted by Crippen LogP contribution is -2.26. The number of hydrogen-bond donors (Lipinski definition) is 3. The highest BCUT2D eigenvalue weighted by molar-refractivity contribution is 5.73. The molecule has 1 heterocycles. The molecule has 1 aromatic rings. The van der Waals surface area contributed by atoms with Crippen LogP contribution in [0.25, 0.3) is 5.83 Å². The van der Waals surface area contributed by atoms with Crippen molar-refractivity contribution in [3.05, 3.63) is 33.0 Å². The summed E-state index contributed by atoms with van der Waals surface area (Å²) in [6.45, 7) is 1.42. The molecule has 0 radical (unpaired) electrons. The zero-order valence-electron chi connectivity index (χ0n) is 10.1. The Morgan fingerprint density at radius 1 is 1.53 bits per heavy atom. The fourth-order valence-corrected chi connectivity index (χ4v) is 2.17. The first-order valence-electron chi connectivity index (χ1n) is 5.74. The summed E-state index contributed by atoms with van der Waals surface area (Å²) < 4.78 is 40.4. The zero-order valence-corrected chi connectivity index (χ0v) is 10.1. The van der Waals surface area contributed by atoms with E-state index in [9.17, 15) is 23.1 Å². The monoisotopic (exact) mass is 274 g/mol. The van der Waals surface area contributed by atoms with Gasteiger partial charge in [0.2, 0.25) is 0 Å². The number of fused-ring (bicyclic) bond motifs is 1. The first-order valence-corrected chi connectivity index (χ1v) is 5.74. The number of allylic oxidation sites excluding steroid dienone is 1. The molecule has 0 saturated heterocycles. The van der Waals surface area contributed by atoms with Crippen molar-refractivity contribution in [2.75, 3.05) is 5.73 Å². The van der Waals surface area contributed by atoms with Crippen LogP contribution in [0.4, 0.5) is 18.9 Å². The molecule has 2 unspecified atom stereocenters. The third-order valence-corrected chi connectivity index (χ3v) is 3.02. The van der Waals surface area contributed by atoms with E-state index in [4.69, 9.17) is 5.73 Å². The predicted molar refractivity (Wildman–Crippen MR) is 64.6 cm³/mol. The number of H-pyrrole nitrogens is 1. The van der Waals surface area contributed by atoms with Gasteiger partial charge in [-0.1, -0.05) is 0 Å². The average Bonchev–Trinajstić information content (AvgIpc) is 2.32. The van der Waals surface area contributed by atoms with E-state index in [1.165, 1.54) is 6.92 Å². The highest BCUT2D eigenvalue weighted by atomic mass is 19.2. The molecule has 1 aliphatic rings. The van der Waals surface area contributed by atoms with Crippen LogP contribution in [0.5, 0.6) is 0 Å². The molecule has 0 spiro atoms. The van der Waals surface area contributed by atoms with Gasteiger partial charge in [0.05, 0.1) is 6.10 Å². The molecule has 0 aromatic carbocycles. The van der Waals surface area contributed by atoms with Gasteiger partial charge >= 0.3 is 0 Å². The number of aliphatic hydroxyl groups is 1. The molecule has 0 fully saturated rings. The number of nitrogen functional groups attached to an aromatic ring is 1. The second-order valence-electron chi connectivity index (χ2n) is 4.59. The van der Waals surface area contributed by atoms with E-state index in [0.29, 0.717) is 0 Å². The fourth-order valence-electron chi connectivity index (χ4n) is 2.17. The number of halogens is 3. The third-order valence-electron chi connectivity index (χ3n) is 3.02. The summed E-state index contributed by atoms with van der Waals surface area (Å²) in [5.41, 5.74) is 4.27. The Morgan fingerprint density at radius 3 is 2.74 bits per heavy atom. The van der Waals surface area contributed by atoms with E-state index in [-0.39, 0.29) is 28.9 Å². The highest BCUT2D eigenvalue weighted by Gasteiger charge is 2.32. The summed E-state index contributed by atoms with van der Waals surface area (Å²) in [7, 11) is 0. The number of rotatable bonds is 2. The lowest BCUT2D eigenvalue weighted by Gasteiger charge is -2.21. The van der Waals surface area contributed by atoms with Crippen molar-refractivity contribution in [3.8, 4) is 0 Å². The number of aliphatic hydroxyl groups excluding tert-OH is 1. The van der Waals surface area contributed by atoms with Crippen molar-refractivity contribution < 1.29 is 18.3 Å². The van der Waals surface area contributed by atoms with E-state index in [1.807, 2.05) is 0 Å². The lowest BCUT2D eigenvalue weighted by atomic mass is 9.92. The molecule has 7 heteroatoms. The number of nitrogens with one attached hydrogen (secondary N) is 1. The second kappa shape index (κ2) is 4.73. The summed E-state index contributed by atoms with van der Waals surface area (Å²) >= 11 is 0. The lowest BCUT2D eigenvalue weighted by molar-refractivity contribution is 0.195. The van der Waals surface area contributed by atoms with E-state index in [0.717, 1.165) is 0 Å². The summed E-state index contributed by atoms with van der Waals surface area (Å²) in [6.07, 6.45) is -3.59. The van der Waals surface area contributed by atoms with Crippen LogP contribution in [0.1, 0.15) is 23.7 Å². The number of alkyl halides is 1. The van der Waals surface area contributed by atoms with Crippen LogP contribution < -0.4 is 11.3 Å². The molecule has 4 nitrogen and oxygen atoms in total. The number of pyridine rings is 1. The Hall–Kier alpha value is -1.76. The van der Waals surface area contributed by atoms with Crippen LogP contribution in [-0.2, 0) is 12.8 Å². The minimum Gasteiger partial charge on any atom is -0.394 e. The van der Waals surface area contributed by atoms with Crippen LogP contribution in [0.15, 0.2) is 10.6 Å². The maximum absolute atomic E-state index is 13.8. The smallest absolute Gasteiger partial charge is 0.271 e. The van der Waals surface area contributed by atoms with Crippen molar-refractivity contribution in [2.24, 2.45) is 0 Å². The zero-order chi connectivity index (χ0) is 14.3. The van der Waals surface area contributed by atoms with Crippen LogP contribution in [-0.4, -0.2) is 22.4 Å². The van der Waals surface area contributed by atoms with Crippen LogP contribution in [0.2, 0.25) is 0 Å². The molecule has 2 atom stereocenters.